The van der Waals surface area contributed by atoms with Crippen molar-refractivity contribution in [3.63, 3.8) is 0 Å². The number of carbonyl (C=O) groups excluding carboxylic acids is 2. The highest BCUT2D eigenvalue weighted by molar-refractivity contribution is 5.98. The summed E-state index contributed by atoms with van der Waals surface area (Å²) in [5.41, 5.74) is -0.0805. The van der Waals surface area contributed by atoms with Crippen molar-refractivity contribution in [3.05, 3.63) is 29.8 Å². The molecule has 1 atom stereocenters. The van der Waals surface area contributed by atoms with E-state index < -0.39 is 29.0 Å². The maximum absolute atomic E-state index is 14.0. The van der Waals surface area contributed by atoms with Gasteiger partial charge in [-0.05, 0) is 72.8 Å². The molecule has 4 aliphatic carbocycles. The van der Waals surface area contributed by atoms with E-state index >= 15 is 0 Å². The molecule has 170 valence electrons. The summed E-state index contributed by atoms with van der Waals surface area (Å²) >= 11 is 0. The Morgan fingerprint density at radius 3 is 1.87 bits per heavy atom. The Hall–Kier alpha value is -1.98. The van der Waals surface area contributed by atoms with Gasteiger partial charge in [0.15, 0.2) is 0 Å². The quantitative estimate of drug-likeness (QED) is 0.652. The lowest BCUT2D eigenvalue weighted by atomic mass is 9.36. The molecule has 31 heavy (non-hydrogen) atoms. The van der Waals surface area contributed by atoms with E-state index in [9.17, 15) is 18.4 Å². The van der Waals surface area contributed by atoms with E-state index in [1.165, 1.54) is 6.07 Å². The van der Waals surface area contributed by atoms with Gasteiger partial charge in [-0.2, -0.15) is 0 Å². The van der Waals surface area contributed by atoms with Crippen LogP contribution < -0.4 is 10.6 Å². The maximum atomic E-state index is 14.0. The largest absolute Gasteiger partial charge is 0.344 e. The van der Waals surface area contributed by atoms with E-state index in [0.717, 1.165) is 50.7 Å². The number of anilines is 1. The Kier molecular flexibility index (Phi) is 5.03. The number of nitrogens with one attached hydrogen (secondary N) is 2. The molecule has 5 rings (SSSR count). The van der Waals surface area contributed by atoms with Gasteiger partial charge in [0.1, 0.15) is 17.7 Å². The van der Waals surface area contributed by atoms with Crippen molar-refractivity contribution in [1.82, 2.24) is 5.32 Å². The average Bonchev–Trinajstić information content (AvgIpc) is 2.57. The normalized spacial score (nSPS) is 37.0. The molecular formula is C25H34F2N2O2. The average molecular weight is 433 g/mol. The van der Waals surface area contributed by atoms with Crippen LogP contribution in [0.5, 0.6) is 0 Å². The number of hydrogen-bond acceptors (Lipinski definition) is 2. The molecule has 0 unspecified atom stereocenters. The van der Waals surface area contributed by atoms with E-state index in [0.29, 0.717) is 0 Å². The molecule has 2 amide bonds. The zero-order valence-electron chi connectivity index (χ0n) is 19.2. The molecule has 4 aliphatic rings. The van der Waals surface area contributed by atoms with Crippen molar-refractivity contribution < 1.29 is 18.4 Å². The van der Waals surface area contributed by atoms with Crippen molar-refractivity contribution in [2.45, 2.75) is 79.2 Å². The molecule has 4 bridgehead atoms. The number of amides is 2. The molecule has 0 aromatic heterocycles. The van der Waals surface area contributed by atoms with Gasteiger partial charge in [-0.25, -0.2) is 8.78 Å². The Bertz CT molecular complexity index is 875. The lowest BCUT2D eigenvalue weighted by Gasteiger charge is -2.68. The van der Waals surface area contributed by atoms with E-state index in [2.05, 4.69) is 31.4 Å². The van der Waals surface area contributed by atoms with Crippen LogP contribution in [0.25, 0.3) is 0 Å². The Morgan fingerprint density at radius 2 is 1.42 bits per heavy atom. The van der Waals surface area contributed by atoms with Crippen LogP contribution in [0.1, 0.15) is 73.1 Å². The SMILES string of the molecule is CC(C)[C@@H](NC(=O)C12CC3(C)CC(C)(CC(C)(C3)C1)C2)C(=O)Nc1ccc(F)cc1F. The molecular weight excluding hydrogens is 398 g/mol. The summed E-state index contributed by atoms with van der Waals surface area (Å²) in [6.07, 6.45) is 6.04. The Balaban J connectivity index is 1.55. The summed E-state index contributed by atoms with van der Waals surface area (Å²) in [6.45, 7) is 10.7. The van der Waals surface area contributed by atoms with E-state index in [1.807, 2.05) is 13.8 Å². The number of rotatable bonds is 5. The van der Waals surface area contributed by atoms with Gasteiger partial charge < -0.3 is 10.6 Å². The molecule has 0 heterocycles. The second-order valence-electron chi connectivity index (χ2n) is 12.1. The first-order valence-electron chi connectivity index (χ1n) is 11.3. The van der Waals surface area contributed by atoms with Crippen LogP contribution in [0.4, 0.5) is 14.5 Å². The topological polar surface area (TPSA) is 58.2 Å². The fourth-order valence-electron chi connectivity index (χ4n) is 8.16. The molecule has 1 aromatic rings. The third kappa shape index (κ3) is 3.98. The molecule has 0 spiro atoms. The Labute approximate surface area is 183 Å². The molecule has 0 saturated heterocycles. The zero-order chi connectivity index (χ0) is 22.8. The summed E-state index contributed by atoms with van der Waals surface area (Å²) < 4.78 is 27.2. The maximum Gasteiger partial charge on any atom is 0.247 e. The molecule has 0 aliphatic heterocycles. The van der Waals surface area contributed by atoms with Crippen LogP contribution in [0.3, 0.4) is 0 Å². The predicted molar refractivity (Wildman–Crippen MR) is 116 cm³/mol. The van der Waals surface area contributed by atoms with Gasteiger partial charge >= 0.3 is 0 Å². The third-order valence-electron chi connectivity index (χ3n) is 7.76. The lowest BCUT2D eigenvalue weighted by Crippen LogP contribution is -2.64. The van der Waals surface area contributed by atoms with Gasteiger partial charge in [0, 0.05) is 6.07 Å². The molecule has 4 saturated carbocycles. The molecule has 2 N–H and O–H groups in total. The van der Waals surface area contributed by atoms with Crippen LogP contribution in [-0.2, 0) is 9.59 Å². The highest BCUT2D eigenvalue weighted by atomic mass is 19.1. The number of hydrogen-bond donors (Lipinski definition) is 2. The number of benzene rings is 1. The van der Waals surface area contributed by atoms with Gasteiger partial charge in [-0.3, -0.25) is 9.59 Å². The second-order valence-corrected chi connectivity index (χ2v) is 12.1. The number of halogens is 2. The molecule has 0 radical (unpaired) electrons. The van der Waals surface area contributed by atoms with Crippen molar-refractivity contribution >= 4 is 17.5 Å². The fourth-order valence-corrected chi connectivity index (χ4v) is 8.16. The number of carbonyl (C=O) groups is 2. The van der Waals surface area contributed by atoms with Gasteiger partial charge in [0.05, 0.1) is 11.1 Å². The zero-order valence-corrected chi connectivity index (χ0v) is 19.2. The molecule has 4 fully saturated rings. The van der Waals surface area contributed by atoms with Crippen molar-refractivity contribution in [1.29, 1.82) is 0 Å². The van der Waals surface area contributed by atoms with E-state index in [1.54, 1.807) is 0 Å². The third-order valence-corrected chi connectivity index (χ3v) is 7.76. The van der Waals surface area contributed by atoms with Crippen LogP contribution in [-0.4, -0.2) is 17.9 Å². The van der Waals surface area contributed by atoms with Gasteiger partial charge in [-0.15, -0.1) is 0 Å². The highest BCUT2D eigenvalue weighted by Gasteiger charge is 2.66. The summed E-state index contributed by atoms with van der Waals surface area (Å²) in [5.74, 6) is -2.26. The van der Waals surface area contributed by atoms with Gasteiger partial charge in [-0.1, -0.05) is 34.6 Å². The smallest absolute Gasteiger partial charge is 0.247 e. The van der Waals surface area contributed by atoms with E-state index in [-0.39, 0.29) is 33.8 Å². The summed E-state index contributed by atoms with van der Waals surface area (Å²) in [7, 11) is 0. The van der Waals surface area contributed by atoms with Crippen LogP contribution in [0.15, 0.2) is 18.2 Å². The van der Waals surface area contributed by atoms with Crippen molar-refractivity contribution in [2.75, 3.05) is 5.32 Å². The van der Waals surface area contributed by atoms with Gasteiger partial charge in [0.25, 0.3) is 0 Å². The van der Waals surface area contributed by atoms with E-state index in [4.69, 9.17) is 0 Å². The van der Waals surface area contributed by atoms with Gasteiger partial charge in [0.2, 0.25) is 11.8 Å². The minimum Gasteiger partial charge on any atom is -0.344 e. The Morgan fingerprint density at radius 1 is 0.903 bits per heavy atom. The monoisotopic (exact) mass is 432 g/mol. The van der Waals surface area contributed by atoms with Crippen molar-refractivity contribution in [3.8, 4) is 0 Å². The first-order chi connectivity index (χ1) is 14.3. The lowest BCUT2D eigenvalue weighted by molar-refractivity contribution is -0.192. The van der Waals surface area contributed by atoms with Crippen LogP contribution in [0, 0.1) is 39.2 Å². The van der Waals surface area contributed by atoms with Crippen LogP contribution in [0.2, 0.25) is 0 Å². The summed E-state index contributed by atoms with van der Waals surface area (Å²) in [4.78, 5) is 26.6. The fraction of sp³-hybridized carbons (Fsp3) is 0.680. The minimum absolute atomic E-state index is 0.0521. The second kappa shape index (κ2) is 7.01. The highest BCUT2D eigenvalue weighted by Crippen LogP contribution is 2.73. The predicted octanol–water partition coefficient (Wildman–Crippen LogP) is 5.43. The first-order valence-corrected chi connectivity index (χ1v) is 11.3. The standard InChI is InChI=1S/C25H34F2N2O2/c1-15(2)19(20(30)28-18-7-6-16(26)8-17(18)27)29-21(31)25-12-22(3)9-23(4,13-25)11-24(5,10-22)14-25/h6-8,15,19H,9-14H2,1-5H3,(H,28,30)(H,29,31)/t19-,22?,23?,24?,25?/m1/s1. The molecule has 6 heteroatoms. The minimum atomic E-state index is -0.836. The van der Waals surface area contributed by atoms with Crippen molar-refractivity contribution in [2.24, 2.45) is 27.6 Å². The summed E-state index contributed by atoms with van der Waals surface area (Å²) in [5, 5.41) is 5.55. The molecule has 1 aromatic carbocycles. The first kappa shape index (κ1) is 22.2. The summed E-state index contributed by atoms with van der Waals surface area (Å²) in [6, 6.07) is 2.23. The van der Waals surface area contributed by atoms with Crippen LogP contribution >= 0.6 is 0 Å². The molecule has 4 nitrogen and oxygen atoms in total.